The van der Waals surface area contributed by atoms with Crippen LogP contribution in [-0.2, 0) is 6.42 Å². The fourth-order valence-electron chi connectivity index (χ4n) is 2.77. The van der Waals surface area contributed by atoms with E-state index in [2.05, 4.69) is 39.7 Å². The Morgan fingerprint density at radius 3 is 2.38 bits per heavy atom. The number of anilines is 2. The predicted octanol–water partition coefficient (Wildman–Crippen LogP) is 5.27. The second kappa shape index (κ2) is 8.68. The molecule has 0 aliphatic heterocycles. The van der Waals surface area contributed by atoms with Gasteiger partial charge in [0.05, 0.1) is 0 Å². The highest BCUT2D eigenvalue weighted by Gasteiger charge is 2.07. The lowest BCUT2D eigenvalue weighted by atomic mass is 10.1. The van der Waals surface area contributed by atoms with Crippen molar-refractivity contribution >= 4 is 23.2 Å². The van der Waals surface area contributed by atoms with Gasteiger partial charge in [-0.2, -0.15) is 0 Å². The van der Waals surface area contributed by atoms with E-state index in [9.17, 15) is 0 Å². The average molecular weight is 367 g/mol. The molecule has 1 aromatic heterocycles. The van der Waals surface area contributed by atoms with Crippen LogP contribution in [0.25, 0.3) is 0 Å². The van der Waals surface area contributed by atoms with E-state index >= 15 is 0 Å². The summed E-state index contributed by atoms with van der Waals surface area (Å²) in [4.78, 5) is 8.97. The van der Waals surface area contributed by atoms with E-state index in [1.54, 1.807) is 0 Å². The van der Waals surface area contributed by atoms with E-state index in [-0.39, 0.29) is 6.04 Å². The van der Waals surface area contributed by atoms with Crippen LogP contribution in [0.4, 0.5) is 11.6 Å². The first-order chi connectivity index (χ1) is 12.6. The van der Waals surface area contributed by atoms with Crippen molar-refractivity contribution < 1.29 is 0 Å². The van der Waals surface area contributed by atoms with Crippen molar-refractivity contribution in [3.05, 3.63) is 82.6 Å². The maximum absolute atomic E-state index is 5.92. The summed E-state index contributed by atoms with van der Waals surface area (Å²) in [6.07, 6.45) is 0.906. The van der Waals surface area contributed by atoms with Crippen molar-refractivity contribution in [1.29, 1.82) is 0 Å². The van der Waals surface area contributed by atoms with Crippen molar-refractivity contribution in [2.45, 2.75) is 26.3 Å². The molecule has 0 aliphatic carbocycles. The van der Waals surface area contributed by atoms with Crippen LogP contribution in [0.2, 0.25) is 5.02 Å². The number of hydrogen-bond acceptors (Lipinski definition) is 4. The summed E-state index contributed by atoms with van der Waals surface area (Å²) in [7, 11) is 0. The van der Waals surface area contributed by atoms with Crippen LogP contribution in [0.3, 0.4) is 0 Å². The highest BCUT2D eigenvalue weighted by atomic mass is 35.5. The summed E-state index contributed by atoms with van der Waals surface area (Å²) in [5, 5.41) is 7.59. The lowest BCUT2D eigenvalue weighted by Gasteiger charge is -2.16. The van der Waals surface area contributed by atoms with E-state index in [0.717, 1.165) is 35.4 Å². The third kappa shape index (κ3) is 5.20. The standard InChI is InChI=1S/C21H23ClN4/c1-15(18-6-4-3-5-7-18)24-21-14-20(25-16(2)26-21)23-13-12-17-8-10-19(22)11-9-17/h3-11,14-15H,12-13H2,1-2H3,(H2,23,24,25,26). The highest BCUT2D eigenvalue weighted by Crippen LogP contribution is 2.19. The fourth-order valence-corrected chi connectivity index (χ4v) is 2.89. The molecule has 0 spiro atoms. The molecule has 2 N–H and O–H groups in total. The number of nitrogens with zero attached hydrogens (tertiary/aromatic N) is 2. The predicted molar refractivity (Wildman–Crippen MR) is 109 cm³/mol. The molecule has 1 unspecified atom stereocenters. The Bertz CT molecular complexity index is 834. The van der Waals surface area contributed by atoms with Crippen molar-refractivity contribution in [3.63, 3.8) is 0 Å². The van der Waals surface area contributed by atoms with Gasteiger partial charge in [0.25, 0.3) is 0 Å². The molecule has 0 fully saturated rings. The summed E-state index contributed by atoms with van der Waals surface area (Å²) >= 11 is 5.92. The molecular formula is C21H23ClN4. The first-order valence-electron chi connectivity index (χ1n) is 8.75. The van der Waals surface area contributed by atoms with Gasteiger partial charge in [-0.05, 0) is 43.5 Å². The molecule has 0 aliphatic rings. The second-order valence-corrected chi connectivity index (χ2v) is 6.70. The summed E-state index contributed by atoms with van der Waals surface area (Å²) in [5.74, 6) is 2.39. The number of aromatic nitrogens is 2. The molecule has 3 rings (SSSR count). The molecule has 26 heavy (non-hydrogen) atoms. The van der Waals surface area contributed by atoms with Gasteiger partial charge in [-0.3, -0.25) is 0 Å². The zero-order chi connectivity index (χ0) is 18.4. The molecule has 0 saturated heterocycles. The summed E-state index contributed by atoms with van der Waals surface area (Å²) in [6.45, 7) is 4.83. The normalized spacial score (nSPS) is 11.8. The maximum atomic E-state index is 5.92. The molecule has 0 amide bonds. The van der Waals surface area contributed by atoms with E-state index in [1.807, 2.05) is 55.5 Å². The van der Waals surface area contributed by atoms with Crippen molar-refractivity contribution in [3.8, 4) is 0 Å². The van der Waals surface area contributed by atoms with E-state index in [0.29, 0.717) is 0 Å². The Kier molecular flexibility index (Phi) is 6.08. The third-order valence-electron chi connectivity index (χ3n) is 4.13. The smallest absolute Gasteiger partial charge is 0.132 e. The molecule has 2 aromatic carbocycles. The zero-order valence-corrected chi connectivity index (χ0v) is 15.8. The summed E-state index contributed by atoms with van der Waals surface area (Å²) in [6, 6.07) is 20.4. The van der Waals surface area contributed by atoms with Crippen LogP contribution in [-0.4, -0.2) is 16.5 Å². The SMILES string of the molecule is Cc1nc(NCCc2ccc(Cl)cc2)cc(NC(C)c2ccccc2)n1. The van der Waals surface area contributed by atoms with Crippen molar-refractivity contribution in [2.75, 3.05) is 17.2 Å². The zero-order valence-electron chi connectivity index (χ0n) is 15.0. The van der Waals surface area contributed by atoms with Gasteiger partial charge >= 0.3 is 0 Å². The minimum Gasteiger partial charge on any atom is -0.370 e. The number of nitrogens with one attached hydrogen (secondary N) is 2. The Hall–Kier alpha value is -2.59. The molecule has 0 saturated carbocycles. The van der Waals surface area contributed by atoms with Gasteiger partial charge in [-0.1, -0.05) is 54.1 Å². The quantitative estimate of drug-likeness (QED) is 0.598. The molecule has 0 bridgehead atoms. The monoisotopic (exact) mass is 366 g/mol. The third-order valence-corrected chi connectivity index (χ3v) is 4.39. The van der Waals surface area contributed by atoms with Gasteiger partial charge in [0, 0.05) is 23.7 Å². The lowest BCUT2D eigenvalue weighted by Crippen LogP contribution is -2.11. The molecule has 5 heteroatoms. The lowest BCUT2D eigenvalue weighted by molar-refractivity contribution is 0.866. The highest BCUT2D eigenvalue weighted by molar-refractivity contribution is 6.30. The number of aryl methyl sites for hydroxylation is 1. The Morgan fingerprint density at radius 1 is 0.962 bits per heavy atom. The number of benzene rings is 2. The molecule has 4 nitrogen and oxygen atoms in total. The Morgan fingerprint density at radius 2 is 1.65 bits per heavy atom. The molecule has 3 aromatic rings. The van der Waals surface area contributed by atoms with E-state index < -0.39 is 0 Å². The number of halogens is 1. The minimum atomic E-state index is 0.174. The fraction of sp³-hybridized carbons (Fsp3) is 0.238. The molecule has 1 atom stereocenters. The topological polar surface area (TPSA) is 49.8 Å². The summed E-state index contributed by atoms with van der Waals surface area (Å²) in [5.41, 5.74) is 2.46. The molecular weight excluding hydrogens is 344 g/mol. The van der Waals surface area contributed by atoms with E-state index in [1.165, 1.54) is 11.1 Å². The van der Waals surface area contributed by atoms with E-state index in [4.69, 9.17) is 11.6 Å². The first kappa shape index (κ1) is 18.2. The van der Waals surface area contributed by atoms with Crippen LogP contribution in [0.1, 0.15) is 29.9 Å². The van der Waals surface area contributed by atoms with Gasteiger partial charge < -0.3 is 10.6 Å². The minimum absolute atomic E-state index is 0.174. The van der Waals surface area contributed by atoms with Gasteiger partial charge in [0.1, 0.15) is 17.5 Å². The number of hydrogen-bond donors (Lipinski definition) is 2. The van der Waals surface area contributed by atoms with Crippen LogP contribution >= 0.6 is 11.6 Å². The van der Waals surface area contributed by atoms with Gasteiger partial charge in [0.2, 0.25) is 0 Å². The largest absolute Gasteiger partial charge is 0.370 e. The van der Waals surface area contributed by atoms with Crippen LogP contribution in [0.15, 0.2) is 60.7 Å². The van der Waals surface area contributed by atoms with Crippen molar-refractivity contribution in [1.82, 2.24) is 9.97 Å². The van der Waals surface area contributed by atoms with Crippen LogP contribution in [0, 0.1) is 6.92 Å². The second-order valence-electron chi connectivity index (χ2n) is 6.27. The Balaban J connectivity index is 1.61. The van der Waals surface area contributed by atoms with Crippen LogP contribution < -0.4 is 10.6 Å². The average Bonchev–Trinajstić information content (AvgIpc) is 2.64. The molecule has 134 valence electrons. The van der Waals surface area contributed by atoms with Gasteiger partial charge in [-0.15, -0.1) is 0 Å². The van der Waals surface area contributed by atoms with Crippen LogP contribution in [0.5, 0.6) is 0 Å². The van der Waals surface area contributed by atoms with Crippen molar-refractivity contribution in [2.24, 2.45) is 0 Å². The Labute approximate surface area is 159 Å². The maximum Gasteiger partial charge on any atom is 0.132 e. The number of rotatable bonds is 7. The molecule has 0 radical (unpaired) electrons. The molecule has 1 heterocycles. The van der Waals surface area contributed by atoms with Gasteiger partial charge in [0.15, 0.2) is 0 Å². The summed E-state index contributed by atoms with van der Waals surface area (Å²) < 4.78 is 0. The first-order valence-corrected chi connectivity index (χ1v) is 9.13. The van der Waals surface area contributed by atoms with Gasteiger partial charge in [-0.25, -0.2) is 9.97 Å².